The van der Waals surface area contributed by atoms with Gasteiger partial charge < -0.3 is 5.11 Å². The van der Waals surface area contributed by atoms with Crippen LogP contribution in [0.1, 0.15) is 48.7 Å². The first kappa shape index (κ1) is 16.7. The van der Waals surface area contributed by atoms with Crippen molar-refractivity contribution >= 4 is 16.0 Å². The Kier molecular flexibility index (Phi) is 4.61. The van der Waals surface area contributed by atoms with E-state index in [2.05, 4.69) is 4.72 Å². The van der Waals surface area contributed by atoms with E-state index >= 15 is 0 Å². The molecule has 0 aliphatic carbocycles. The van der Waals surface area contributed by atoms with Crippen LogP contribution in [0.15, 0.2) is 17.0 Å². The highest BCUT2D eigenvalue weighted by atomic mass is 32.2. The quantitative estimate of drug-likeness (QED) is 0.875. The van der Waals surface area contributed by atoms with Gasteiger partial charge in [0.05, 0.1) is 10.5 Å². The second-order valence-corrected chi connectivity index (χ2v) is 7.23. The number of hydrogen-bond acceptors (Lipinski definition) is 3. The highest BCUT2D eigenvalue weighted by Gasteiger charge is 2.27. The van der Waals surface area contributed by atoms with Crippen LogP contribution in [0.3, 0.4) is 0 Å². The van der Waals surface area contributed by atoms with Crippen molar-refractivity contribution in [1.29, 1.82) is 0 Å². The highest BCUT2D eigenvalue weighted by molar-refractivity contribution is 7.89. The van der Waals surface area contributed by atoms with Gasteiger partial charge in [0.25, 0.3) is 0 Å². The van der Waals surface area contributed by atoms with E-state index in [-0.39, 0.29) is 10.5 Å². The van der Waals surface area contributed by atoms with Crippen molar-refractivity contribution in [1.82, 2.24) is 4.72 Å². The Bertz CT molecular complexity index is 633. The van der Waals surface area contributed by atoms with E-state index in [4.69, 9.17) is 5.11 Å². The summed E-state index contributed by atoms with van der Waals surface area (Å²) in [6.07, 6.45) is 0.628. The lowest BCUT2D eigenvalue weighted by molar-refractivity contribution is 0.0696. The molecule has 0 atom stereocenters. The van der Waals surface area contributed by atoms with Crippen molar-refractivity contribution < 1.29 is 18.3 Å². The van der Waals surface area contributed by atoms with Crippen molar-refractivity contribution in [2.75, 3.05) is 0 Å². The van der Waals surface area contributed by atoms with Crippen molar-refractivity contribution in [3.63, 3.8) is 0 Å². The molecule has 2 N–H and O–H groups in total. The lowest BCUT2D eigenvalue weighted by Crippen LogP contribution is -2.42. The van der Waals surface area contributed by atoms with Crippen molar-refractivity contribution in [2.24, 2.45) is 0 Å². The van der Waals surface area contributed by atoms with Gasteiger partial charge in [-0.15, -0.1) is 0 Å². The Morgan fingerprint density at radius 3 is 2.25 bits per heavy atom. The number of carboxylic acids is 1. The molecule has 1 rings (SSSR count). The molecular formula is C14H21NO4S. The molecule has 0 aromatic heterocycles. The molecule has 20 heavy (non-hydrogen) atoms. The molecule has 1 aromatic rings. The average Bonchev–Trinajstić information content (AvgIpc) is 2.26. The molecule has 0 saturated heterocycles. The molecule has 0 fully saturated rings. The number of carbonyl (C=O) groups is 1. The van der Waals surface area contributed by atoms with Crippen molar-refractivity contribution in [3.05, 3.63) is 28.8 Å². The first-order valence-electron chi connectivity index (χ1n) is 6.38. The summed E-state index contributed by atoms with van der Waals surface area (Å²) in [4.78, 5) is 11.2. The van der Waals surface area contributed by atoms with Gasteiger partial charge >= 0.3 is 5.97 Å². The largest absolute Gasteiger partial charge is 0.478 e. The van der Waals surface area contributed by atoms with Crippen LogP contribution in [0.2, 0.25) is 0 Å². The predicted octanol–water partition coefficient (Wildman–Crippen LogP) is 2.47. The molecule has 0 aliphatic rings. The maximum absolute atomic E-state index is 12.4. The van der Waals surface area contributed by atoms with E-state index in [1.54, 1.807) is 33.8 Å². The first-order chi connectivity index (χ1) is 9.00. The van der Waals surface area contributed by atoms with Gasteiger partial charge in [-0.25, -0.2) is 17.9 Å². The summed E-state index contributed by atoms with van der Waals surface area (Å²) < 4.78 is 27.4. The van der Waals surface area contributed by atoms with E-state index in [0.29, 0.717) is 17.5 Å². The summed E-state index contributed by atoms with van der Waals surface area (Å²) in [6.45, 7) is 8.76. The minimum absolute atomic E-state index is 0.00489. The molecule has 0 saturated carbocycles. The fraction of sp³-hybridized carbons (Fsp3) is 0.500. The van der Waals surface area contributed by atoms with Gasteiger partial charge in [0.1, 0.15) is 0 Å². The minimum Gasteiger partial charge on any atom is -0.478 e. The van der Waals surface area contributed by atoms with Crippen molar-refractivity contribution in [3.8, 4) is 0 Å². The molecule has 5 nitrogen and oxygen atoms in total. The average molecular weight is 299 g/mol. The summed E-state index contributed by atoms with van der Waals surface area (Å²) in [5.74, 6) is -1.13. The van der Waals surface area contributed by atoms with Crippen molar-refractivity contribution in [2.45, 2.75) is 51.5 Å². The third-order valence-corrected chi connectivity index (χ3v) is 5.18. The number of rotatable bonds is 5. The zero-order chi connectivity index (χ0) is 15.7. The summed E-state index contributed by atoms with van der Waals surface area (Å²) in [5.41, 5.74) is 0.500. The van der Waals surface area contributed by atoms with Crippen LogP contribution < -0.4 is 4.72 Å². The minimum atomic E-state index is -3.75. The Balaban J connectivity index is 3.39. The molecule has 0 amide bonds. The SMILES string of the molecule is CCC(C)(C)NS(=O)(=O)c1cc(C(=O)O)c(C)cc1C. The van der Waals surface area contributed by atoms with Gasteiger partial charge in [-0.05, 0) is 51.3 Å². The Hall–Kier alpha value is -1.40. The lowest BCUT2D eigenvalue weighted by atomic mass is 10.0. The van der Waals surface area contributed by atoms with Crippen LogP contribution in [0, 0.1) is 13.8 Å². The molecule has 6 heteroatoms. The van der Waals surface area contributed by atoms with E-state index in [0.717, 1.165) is 0 Å². The smallest absolute Gasteiger partial charge is 0.335 e. The zero-order valence-corrected chi connectivity index (χ0v) is 13.3. The van der Waals surface area contributed by atoms with Gasteiger partial charge in [0.2, 0.25) is 10.0 Å². The topological polar surface area (TPSA) is 83.5 Å². The molecule has 0 heterocycles. The molecule has 1 aromatic carbocycles. The number of carboxylic acid groups (broad SMARTS) is 1. The van der Waals surface area contributed by atoms with Gasteiger partial charge in [0, 0.05) is 5.54 Å². The molecule has 0 unspecified atom stereocenters. The third-order valence-electron chi connectivity index (χ3n) is 3.34. The second-order valence-electron chi connectivity index (χ2n) is 5.58. The summed E-state index contributed by atoms with van der Waals surface area (Å²) in [5, 5.41) is 9.11. The Morgan fingerprint density at radius 2 is 1.80 bits per heavy atom. The number of benzene rings is 1. The molecule has 0 spiro atoms. The maximum Gasteiger partial charge on any atom is 0.335 e. The molecule has 0 bridgehead atoms. The number of hydrogen-bond donors (Lipinski definition) is 2. The monoisotopic (exact) mass is 299 g/mol. The van der Waals surface area contributed by atoms with E-state index in [1.165, 1.54) is 6.07 Å². The van der Waals surface area contributed by atoms with Crippen LogP contribution in [0.5, 0.6) is 0 Å². The number of nitrogens with one attached hydrogen (secondary N) is 1. The van der Waals surface area contributed by atoms with Crippen LogP contribution in [0.25, 0.3) is 0 Å². The van der Waals surface area contributed by atoms with Gasteiger partial charge in [-0.1, -0.05) is 13.0 Å². The molecule has 0 aliphatic heterocycles. The lowest BCUT2D eigenvalue weighted by Gasteiger charge is -2.25. The van der Waals surface area contributed by atoms with Crippen LogP contribution in [-0.4, -0.2) is 25.0 Å². The Labute approximate surface area is 120 Å². The fourth-order valence-corrected chi connectivity index (χ4v) is 3.58. The molecule has 112 valence electrons. The third kappa shape index (κ3) is 3.58. The molecule has 0 radical (unpaired) electrons. The normalized spacial score (nSPS) is 12.4. The maximum atomic E-state index is 12.4. The van der Waals surface area contributed by atoms with Crippen LogP contribution in [-0.2, 0) is 10.0 Å². The van der Waals surface area contributed by atoms with Gasteiger partial charge in [-0.3, -0.25) is 0 Å². The summed E-state index contributed by atoms with van der Waals surface area (Å²) in [6, 6.07) is 2.80. The Morgan fingerprint density at radius 1 is 1.25 bits per heavy atom. The van der Waals surface area contributed by atoms with E-state index < -0.39 is 21.5 Å². The van der Waals surface area contributed by atoms with Gasteiger partial charge in [0.15, 0.2) is 0 Å². The van der Waals surface area contributed by atoms with Crippen LogP contribution in [0.4, 0.5) is 0 Å². The number of aromatic carboxylic acids is 1. The zero-order valence-electron chi connectivity index (χ0n) is 12.4. The fourth-order valence-electron chi connectivity index (χ4n) is 1.84. The van der Waals surface area contributed by atoms with Crippen LogP contribution >= 0.6 is 0 Å². The number of aryl methyl sites for hydroxylation is 2. The molecular weight excluding hydrogens is 278 g/mol. The summed E-state index contributed by atoms with van der Waals surface area (Å²) >= 11 is 0. The summed E-state index contributed by atoms with van der Waals surface area (Å²) in [7, 11) is -3.75. The second kappa shape index (κ2) is 5.54. The highest BCUT2D eigenvalue weighted by Crippen LogP contribution is 2.22. The van der Waals surface area contributed by atoms with E-state index in [1.807, 2.05) is 6.92 Å². The number of sulfonamides is 1. The van der Waals surface area contributed by atoms with Gasteiger partial charge in [-0.2, -0.15) is 0 Å². The standard InChI is InChI=1S/C14H21NO4S/c1-6-14(4,5)15-20(18,19)12-8-11(13(16)17)9(2)7-10(12)3/h7-8,15H,6H2,1-5H3,(H,16,17). The first-order valence-corrected chi connectivity index (χ1v) is 7.87. The van der Waals surface area contributed by atoms with E-state index in [9.17, 15) is 13.2 Å². The predicted molar refractivity (Wildman–Crippen MR) is 77.6 cm³/mol.